The van der Waals surface area contributed by atoms with Crippen LogP contribution in [0.15, 0.2) is 24.4 Å². The normalized spacial score (nSPS) is 29.8. The molecule has 3 heterocycles. The van der Waals surface area contributed by atoms with E-state index in [0.29, 0.717) is 0 Å². The quantitative estimate of drug-likeness (QED) is 0.892. The fraction of sp³-hybridized carbons (Fsp3) is 0.706. The Morgan fingerprint density at radius 3 is 3.10 bits per heavy atom. The highest BCUT2D eigenvalue weighted by Gasteiger charge is 2.42. The summed E-state index contributed by atoms with van der Waals surface area (Å²) < 4.78 is 0. The number of aromatic nitrogens is 1. The molecule has 1 aromatic heterocycles. The molecule has 0 spiro atoms. The highest BCUT2D eigenvalue weighted by Crippen LogP contribution is 2.35. The fourth-order valence-corrected chi connectivity index (χ4v) is 4.07. The molecule has 2 fully saturated rings. The van der Waals surface area contributed by atoms with Gasteiger partial charge in [0.2, 0.25) is 0 Å². The summed E-state index contributed by atoms with van der Waals surface area (Å²) in [5.41, 5.74) is 7.59. The maximum Gasteiger partial charge on any atom is 0.0416 e. The molecule has 0 amide bonds. The van der Waals surface area contributed by atoms with Gasteiger partial charge < -0.3 is 10.6 Å². The van der Waals surface area contributed by atoms with E-state index in [2.05, 4.69) is 34.0 Å². The second-order valence-electron chi connectivity index (χ2n) is 6.71. The highest BCUT2D eigenvalue weighted by molar-refractivity contribution is 5.05. The van der Waals surface area contributed by atoms with Crippen LogP contribution in [0.4, 0.5) is 0 Å². The molecule has 2 atom stereocenters. The van der Waals surface area contributed by atoms with Crippen molar-refractivity contribution in [2.24, 2.45) is 5.73 Å². The van der Waals surface area contributed by atoms with Crippen molar-refractivity contribution in [3.63, 3.8) is 0 Å². The number of piperidine rings is 1. The van der Waals surface area contributed by atoms with Crippen LogP contribution in [-0.2, 0) is 6.42 Å². The molecule has 2 saturated heterocycles. The molecule has 3 rings (SSSR count). The second kappa shape index (κ2) is 6.42. The molecule has 4 heteroatoms. The summed E-state index contributed by atoms with van der Waals surface area (Å²) in [7, 11) is 2.25. The third-order valence-electron chi connectivity index (χ3n) is 5.60. The minimum absolute atomic E-state index is 0.195. The van der Waals surface area contributed by atoms with Crippen molar-refractivity contribution < 1.29 is 0 Å². The van der Waals surface area contributed by atoms with Crippen LogP contribution in [0.5, 0.6) is 0 Å². The van der Waals surface area contributed by atoms with Crippen LogP contribution >= 0.6 is 0 Å². The standard InChI is InChI=1S/C17H28N4/c1-20(11-7-15-5-2-3-9-19-15)17(14-18)8-12-21-10-4-6-16(21)13-17/h2-3,5,9,16H,4,6-8,10-14,18H2,1H3. The molecule has 0 radical (unpaired) electrons. The number of pyridine rings is 1. The lowest BCUT2D eigenvalue weighted by Crippen LogP contribution is -2.60. The van der Waals surface area contributed by atoms with Crippen molar-refractivity contribution in [2.75, 3.05) is 33.2 Å². The van der Waals surface area contributed by atoms with Crippen LogP contribution in [0.2, 0.25) is 0 Å². The molecule has 2 aliphatic rings. The fourth-order valence-electron chi connectivity index (χ4n) is 4.07. The number of hydrogen-bond donors (Lipinski definition) is 1. The Balaban J connectivity index is 1.62. The van der Waals surface area contributed by atoms with Gasteiger partial charge >= 0.3 is 0 Å². The van der Waals surface area contributed by atoms with Gasteiger partial charge in [0.05, 0.1) is 0 Å². The first-order valence-corrected chi connectivity index (χ1v) is 8.29. The number of rotatable bonds is 5. The van der Waals surface area contributed by atoms with E-state index in [-0.39, 0.29) is 5.54 Å². The number of likely N-dealkylation sites (N-methyl/N-ethyl adjacent to an activating group) is 1. The maximum atomic E-state index is 6.22. The van der Waals surface area contributed by atoms with Crippen molar-refractivity contribution in [3.05, 3.63) is 30.1 Å². The Morgan fingerprint density at radius 1 is 1.43 bits per heavy atom. The highest BCUT2D eigenvalue weighted by atomic mass is 15.3. The zero-order chi connectivity index (χ0) is 14.7. The first-order valence-electron chi connectivity index (χ1n) is 8.29. The van der Waals surface area contributed by atoms with Crippen molar-refractivity contribution in [1.82, 2.24) is 14.8 Å². The first kappa shape index (κ1) is 14.9. The van der Waals surface area contributed by atoms with E-state index < -0.39 is 0 Å². The van der Waals surface area contributed by atoms with Gasteiger partial charge in [0.15, 0.2) is 0 Å². The minimum Gasteiger partial charge on any atom is -0.329 e. The Morgan fingerprint density at radius 2 is 2.33 bits per heavy atom. The van der Waals surface area contributed by atoms with Gasteiger partial charge in [-0.25, -0.2) is 0 Å². The predicted octanol–water partition coefficient (Wildman–Crippen LogP) is 1.51. The van der Waals surface area contributed by atoms with Crippen LogP contribution in [0, 0.1) is 0 Å². The molecule has 0 saturated carbocycles. The molecule has 2 unspecified atom stereocenters. The monoisotopic (exact) mass is 288 g/mol. The van der Waals surface area contributed by atoms with E-state index >= 15 is 0 Å². The van der Waals surface area contributed by atoms with Gasteiger partial charge in [0, 0.05) is 49.5 Å². The van der Waals surface area contributed by atoms with E-state index in [1.807, 2.05) is 12.3 Å². The van der Waals surface area contributed by atoms with Crippen molar-refractivity contribution in [3.8, 4) is 0 Å². The Kier molecular flexibility index (Phi) is 4.57. The zero-order valence-electron chi connectivity index (χ0n) is 13.2. The second-order valence-corrected chi connectivity index (χ2v) is 6.71. The minimum atomic E-state index is 0.195. The third kappa shape index (κ3) is 3.12. The Hall–Kier alpha value is -0.970. The topological polar surface area (TPSA) is 45.4 Å². The van der Waals surface area contributed by atoms with Gasteiger partial charge in [-0.1, -0.05) is 6.07 Å². The van der Waals surface area contributed by atoms with Crippen LogP contribution in [0.25, 0.3) is 0 Å². The van der Waals surface area contributed by atoms with Crippen LogP contribution in [0.1, 0.15) is 31.4 Å². The molecule has 116 valence electrons. The maximum absolute atomic E-state index is 6.22. The number of fused-ring (bicyclic) bond motifs is 1. The van der Waals surface area contributed by atoms with E-state index in [1.54, 1.807) is 0 Å². The number of nitrogens with zero attached hydrogens (tertiary/aromatic N) is 3. The van der Waals surface area contributed by atoms with Crippen LogP contribution < -0.4 is 5.73 Å². The van der Waals surface area contributed by atoms with Crippen LogP contribution in [-0.4, -0.2) is 59.6 Å². The summed E-state index contributed by atoms with van der Waals surface area (Å²) >= 11 is 0. The summed E-state index contributed by atoms with van der Waals surface area (Å²) in [6.45, 7) is 4.33. The predicted molar refractivity (Wildman–Crippen MR) is 86.2 cm³/mol. The van der Waals surface area contributed by atoms with E-state index in [4.69, 9.17) is 5.73 Å². The summed E-state index contributed by atoms with van der Waals surface area (Å²) in [5, 5.41) is 0. The third-order valence-corrected chi connectivity index (χ3v) is 5.60. The molecule has 21 heavy (non-hydrogen) atoms. The Labute approximate surface area is 128 Å². The Bertz CT molecular complexity index is 449. The lowest BCUT2D eigenvalue weighted by molar-refractivity contribution is 0.0273. The number of nitrogens with two attached hydrogens (primary N) is 1. The van der Waals surface area contributed by atoms with Gasteiger partial charge in [-0.3, -0.25) is 9.88 Å². The summed E-state index contributed by atoms with van der Waals surface area (Å²) in [6.07, 6.45) is 8.05. The summed E-state index contributed by atoms with van der Waals surface area (Å²) in [5.74, 6) is 0. The van der Waals surface area contributed by atoms with Gasteiger partial charge in [-0.2, -0.15) is 0 Å². The van der Waals surface area contributed by atoms with E-state index in [9.17, 15) is 0 Å². The summed E-state index contributed by atoms with van der Waals surface area (Å²) in [4.78, 5) is 9.61. The molecule has 2 N–H and O–H groups in total. The zero-order valence-corrected chi connectivity index (χ0v) is 13.2. The lowest BCUT2D eigenvalue weighted by atomic mass is 9.81. The molecule has 4 nitrogen and oxygen atoms in total. The van der Waals surface area contributed by atoms with E-state index in [0.717, 1.165) is 25.6 Å². The molecule has 0 aromatic carbocycles. The molecule has 0 bridgehead atoms. The van der Waals surface area contributed by atoms with Crippen molar-refractivity contribution in [1.29, 1.82) is 0 Å². The van der Waals surface area contributed by atoms with Gasteiger partial charge in [0.25, 0.3) is 0 Å². The SMILES string of the molecule is CN(CCc1ccccn1)C1(CN)CCN2CCCC2C1. The molecule has 0 aliphatic carbocycles. The van der Waals surface area contributed by atoms with E-state index in [1.165, 1.54) is 44.5 Å². The lowest BCUT2D eigenvalue weighted by Gasteiger charge is -2.49. The smallest absolute Gasteiger partial charge is 0.0416 e. The first-order chi connectivity index (χ1) is 10.2. The molecular weight excluding hydrogens is 260 g/mol. The number of hydrogen-bond acceptors (Lipinski definition) is 4. The average Bonchev–Trinajstić information content (AvgIpc) is 3.00. The molecule has 2 aliphatic heterocycles. The summed E-state index contributed by atoms with van der Waals surface area (Å²) in [6, 6.07) is 6.92. The van der Waals surface area contributed by atoms with Crippen molar-refractivity contribution >= 4 is 0 Å². The van der Waals surface area contributed by atoms with Gasteiger partial charge in [0.1, 0.15) is 0 Å². The van der Waals surface area contributed by atoms with Crippen LogP contribution in [0.3, 0.4) is 0 Å². The molecule has 1 aromatic rings. The van der Waals surface area contributed by atoms with Gasteiger partial charge in [-0.05, 0) is 51.4 Å². The molecular formula is C17H28N4. The van der Waals surface area contributed by atoms with Gasteiger partial charge in [-0.15, -0.1) is 0 Å². The van der Waals surface area contributed by atoms with Crippen molar-refractivity contribution in [2.45, 2.75) is 43.7 Å². The average molecular weight is 288 g/mol. The largest absolute Gasteiger partial charge is 0.329 e.